The fourth-order valence-corrected chi connectivity index (χ4v) is 1.83. The van der Waals surface area contributed by atoms with Crippen LogP contribution >= 0.6 is 31.9 Å². The lowest BCUT2D eigenvalue weighted by Crippen LogP contribution is -2.01. The zero-order chi connectivity index (χ0) is 9.84. The molecule has 1 aromatic rings. The number of methoxy groups -OCH3 is 1. The van der Waals surface area contributed by atoms with Gasteiger partial charge in [0.05, 0.1) is 12.7 Å². The Morgan fingerprint density at radius 3 is 2.69 bits per heavy atom. The van der Waals surface area contributed by atoms with Crippen LogP contribution in [0, 0.1) is 0 Å². The second-order valence-electron chi connectivity index (χ2n) is 2.47. The smallest absolute Gasteiger partial charge is 0.337 e. The average molecular weight is 308 g/mol. The molecule has 1 aromatic carbocycles. The first-order valence-corrected chi connectivity index (χ1v) is 5.52. The maximum Gasteiger partial charge on any atom is 0.337 e. The van der Waals surface area contributed by atoms with E-state index >= 15 is 0 Å². The lowest BCUT2D eigenvalue weighted by atomic mass is 10.1. The number of alkyl halides is 1. The highest BCUT2D eigenvalue weighted by Gasteiger charge is 2.06. The molecule has 70 valence electrons. The highest BCUT2D eigenvalue weighted by Crippen LogP contribution is 2.18. The van der Waals surface area contributed by atoms with E-state index in [0.29, 0.717) is 5.56 Å². The van der Waals surface area contributed by atoms with E-state index in [1.54, 1.807) is 12.1 Å². The Hall–Kier alpha value is -0.350. The molecule has 0 bridgehead atoms. The van der Waals surface area contributed by atoms with Crippen LogP contribution in [0.25, 0.3) is 0 Å². The van der Waals surface area contributed by atoms with Crippen molar-refractivity contribution in [1.29, 1.82) is 0 Å². The van der Waals surface area contributed by atoms with Gasteiger partial charge in [-0.05, 0) is 23.8 Å². The second kappa shape index (κ2) is 4.77. The minimum atomic E-state index is -0.316. The Labute approximate surface area is 93.5 Å². The van der Waals surface area contributed by atoms with Crippen LogP contribution in [0.2, 0.25) is 0 Å². The minimum Gasteiger partial charge on any atom is -0.465 e. The summed E-state index contributed by atoms with van der Waals surface area (Å²) in [5.41, 5.74) is 1.60. The summed E-state index contributed by atoms with van der Waals surface area (Å²) in [6.45, 7) is 0. The van der Waals surface area contributed by atoms with Gasteiger partial charge >= 0.3 is 5.97 Å². The predicted molar refractivity (Wildman–Crippen MR) is 58.1 cm³/mol. The third-order valence-corrected chi connectivity index (χ3v) is 2.64. The predicted octanol–water partition coefficient (Wildman–Crippen LogP) is 3.13. The van der Waals surface area contributed by atoms with Crippen LogP contribution in [0.5, 0.6) is 0 Å². The van der Waals surface area contributed by atoms with Crippen molar-refractivity contribution in [1.82, 2.24) is 0 Å². The van der Waals surface area contributed by atoms with E-state index in [1.165, 1.54) is 7.11 Å². The Bertz CT molecular complexity index is 323. The molecule has 0 aliphatic heterocycles. The Morgan fingerprint density at radius 2 is 2.15 bits per heavy atom. The summed E-state index contributed by atoms with van der Waals surface area (Å²) in [5.74, 6) is -0.316. The van der Waals surface area contributed by atoms with Crippen LogP contribution < -0.4 is 0 Å². The number of hydrogen-bond acceptors (Lipinski definition) is 2. The summed E-state index contributed by atoms with van der Waals surface area (Å²) in [4.78, 5) is 11.2. The van der Waals surface area contributed by atoms with Crippen LogP contribution in [0.4, 0.5) is 0 Å². The summed E-state index contributed by atoms with van der Waals surface area (Å²) >= 11 is 6.65. The molecule has 0 aliphatic rings. The third-order valence-electron chi connectivity index (χ3n) is 1.53. The number of carbonyl (C=O) groups is 1. The van der Waals surface area contributed by atoms with Gasteiger partial charge in [-0.2, -0.15) is 0 Å². The van der Waals surface area contributed by atoms with Crippen molar-refractivity contribution in [3.05, 3.63) is 33.8 Å². The first-order valence-electron chi connectivity index (χ1n) is 3.61. The Kier molecular flexibility index (Phi) is 3.93. The van der Waals surface area contributed by atoms with E-state index in [4.69, 9.17) is 0 Å². The average Bonchev–Trinajstić information content (AvgIpc) is 2.15. The zero-order valence-electron chi connectivity index (χ0n) is 7.01. The van der Waals surface area contributed by atoms with Crippen LogP contribution in [-0.4, -0.2) is 13.1 Å². The Morgan fingerprint density at radius 1 is 1.46 bits per heavy atom. The first kappa shape index (κ1) is 10.7. The van der Waals surface area contributed by atoms with Crippen molar-refractivity contribution in [2.45, 2.75) is 5.33 Å². The molecule has 13 heavy (non-hydrogen) atoms. The molecule has 0 fully saturated rings. The number of halogens is 2. The van der Waals surface area contributed by atoms with Gasteiger partial charge in [-0.15, -0.1) is 0 Å². The van der Waals surface area contributed by atoms with E-state index in [9.17, 15) is 4.79 Å². The molecule has 0 aliphatic carbocycles. The normalized spacial score (nSPS) is 9.77. The first-order chi connectivity index (χ1) is 6.17. The molecular formula is C9H8Br2O2. The van der Waals surface area contributed by atoms with E-state index in [-0.39, 0.29) is 5.97 Å². The molecule has 0 heterocycles. The van der Waals surface area contributed by atoms with Gasteiger partial charge in [0.15, 0.2) is 0 Å². The van der Waals surface area contributed by atoms with Crippen molar-refractivity contribution in [2.24, 2.45) is 0 Å². The molecule has 0 amide bonds. The van der Waals surface area contributed by atoms with Crippen molar-refractivity contribution in [3.8, 4) is 0 Å². The largest absolute Gasteiger partial charge is 0.465 e. The quantitative estimate of drug-likeness (QED) is 0.620. The summed E-state index contributed by atoms with van der Waals surface area (Å²) in [7, 11) is 1.37. The van der Waals surface area contributed by atoms with E-state index in [2.05, 4.69) is 36.6 Å². The standard InChI is InChI=1S/C9H8Br2O2/c1-13-9(12)7-2-6(5-10)3-8(11)4-7/h2-4H,5H2,1H3. The zero-order valence-corrected chi connectivity index (χ0v) is 10.2. The van der Waals surface area contributed by atoms with E-state index in [0.717, 1.165) is 15.4 Å². The van der Waals surface area contributed by atoms with Crippen LogP contribution in [-0.2, 0) is 10.1 Å². The van der Waals surface area contributed by atoms with E-state index in [1.807, 2.05) is 6.07 Å². The van der Waals surface area contributed by atoms with Crippen LogP contribution in [0.3, 0.4) is 0 Å². The van der Waals surface area contributed by atoms with Crippen molar-refractivity contribution >= 4 is 37.8 Å². The summed E-state index contributed by atoms with van der Waals surface area (Å²) in [5, 5.41) is 0.719. The van der Waals surface area contributed by atoms with Gasteiger partial charge in [0, 0.05) is 9.80 Å². The fourth-order valence-electron chi connectivity index (χ4n) is 0.963. The van der Waals surface area contributed by atoms with Crippen molar-refractivity contribution in [2.75, 3.05) is 7.11 Å². The van der Waals surface area contributed by atoms with Gasteiger partial charge in [-0.3, -0.25) is 0 Å². The fraction of sp³-hybridized carbons (Fsp3) is 0.222. The highest BCUT2D eigenvalue weighted by atomic mass is 79.9. The molecule has 0 N–H and O–H groups in total. The van der Waals surface area contributed by atoms with Crippen molar-refractivity contribution < 1.29 is 9.53 Å². The number of ether oxygens (including phenoxy) is 1. The van der Waals surface area contributed by atoms with E-state index < -0.39 is 0 Å². The maximum absolute atomic E-state index is 11.2. The van der Waals surface area contributed by atoms with Gasteiger partial charge in [-0.1, -0.05) is 31.9 Å². The third kappa shape index (κ3) is 2.81. The molecule has 0 aromatic heterocycles. The van der Waals surface area contributed by atoms with Crippen LogP contribution in [0.15, 0.2) is 22.7 Å². The van der Waals surface area contributed by atoms with Crippen LogP contribution in [0.1, 0.15) is 15.9 Å². The molecule has 0 radical (unpaired) electrons. The Balaban J connectivity index is 3.08. The molecule has 1 rings (SSSR count). The van der Waals surface area contributed by atoms with Gasteiger partial charge < -0.3 is 4.74 Å². The number of hydrogen-bond donors (Lipinski definition) is 0. The lowest BCUT2D eigenvalue weighted by Gasteiger charge is -2.02. The number of rotatable bonds is 2. The highest BCUT2D eigenvalue weighted by molar-refractivity contribution is 9.10. The molecule has 0 saturated heterocycles. The molecule has 0 unspecified atom stereocenters. The molecule has 2 nitrogen and oxygen atoms in total. The SMILES string of the molecule is COC(=O)c1cc(Br)cc(CBr)c1. The van der Waals surface area contributed by atoms with Gasteiger partial charge in [0.25, 0.3) is 0 Å². The molecule has 4 heteroatoms. The summed E-state index contributed by atoms with van der Waals surface area (Å²) in [6.07, 6.45) is 0. The molecule has 0 saturated carbocycles. The number of benzene rings is 1. The monoisotopic (exact) mass is 306 g/mol. The van der Waals surface area contributed by atoms with Crippen molar-refractivity contribution in [3.63, 3.8) is 0 Å². The van der Waals surface area contributed by atoms with Gasteiger partial charge in [0.1, 0.15) is 0 Å². The number of carbonyl (C=O) groups excluding carboxylic acids is 1. The molecular weight excluding hydrogens is 300 g/mol. The maximum atomic E-state index is 11.2. The number of esters is 1. The molecule has 0 spiro atoms. The molecule has 0 atom stereocenters. The second-order valence-corrected chi connectivity index (χ2v) is 3.95. The topological polar surface area (TPSA) is 26.3 Å². The lowest BCUT2D eigenvalue weighted by molar-refractivity contribution is 0.0600. The summed E-state index contributed by atoms with van der Waals surface area (Å²) < 4.78 is 5.50. The van der Waals surface area contributed by atoms with Gasteiger partial charge in [0.2, 0.25) is 0 Å². The van der Waals surface area contributed by atoms with Gasteiger partial charge in [-0.25, -0.2) is 4.79 Å². The minimum absolute atomic E-state index is 0.316. The summed E-state index contributed by atoms with van der Waals surface area (Å²) in [6, 6.07) is 5.48.